The van der Waals surface area contributed by atoms with E-state index in [0.29, 0.717) is 10.1 Å². The van der Waals surface area contributed by atoms with Gasteiger partial charge in [-0.15, -0.1) is 0 Å². The Morgan fingerprint density at radius 2 is 2.08 bits per heavy atom. The van der Waals surface area contributed by atoms with Gasteiger partial charge in [0.05, 0.1) is 18.9 Å². The standard InChI is InChI=1S/C18H18ClN3OS/c1-20-18(24)22-17(12-6-5-7-13(10-12)23-2)11-16(21-22)14-8-3-4-9-15(14)19/h3-10,17H,11H2,1-2H3,(H,20,24)/t17-/m1/s1. The molecule has 2 aromatic carbocycles. The van der Waals surface area contributed by atoms with Crippen LogP contribution < -0.4 is 10.1 Å². The van der Waals surface area contributed by atoms with E-state index in [4.69, 9.17) is 33.7 Å². The Balaban J connectivity index is 1.98. The predicted molar refractivity (Wildman–Crippen MR) is 102 cm³/mol. The normalized spacial score (nSPS) is 16.7. The first-order valence-electron chi connectivity index (χ1n) is 7.61. The fourth-order valence-electron chi connectivity index (χ4n) is 2.78. The van der Waals surface area contributed by atoms with E-state index in [1.807, 2.05) is 47.5 Å². The molecule has 1 aliphatic rings. The number of nitrogens with one attached hydrogen (secondary N) is 1. The van der Waals surface area contributed by atoms with E-state index in [-0.39, 0.29) is 6.04 Å². The first kappa shape index (κ1) is 16.7. The molecule has 0 unspecified atom stereocenters. The molecule has 1 heterocycles. The summed E-state index contributed by atoms with van der Waals surface area (Å²) < 4.78 is 5.34. The number of thiocarbonyl (C=S) groups is 1. The summed E-state index contributed by atoms with van der Waals surface area (Å²) >= 11 is 11.8. The van der Waals surface area contributed by atoms with Crippen LogP contribution in [0.1, 0.15) is 23.6 Å². The molecular weight excluding hydrogens is 342 g/mol. The zero-order valence-corrected chi connectivity index (χ0v) is 15.1. The van der Waals surface area contributed by atoms with Crippen LogP contribution >= 0.6 is 23.8 Å². The third kappa shape index (κ3) is 3.23. The second kappa shape index (κ2) is 7.20. The van der Waals surface area contributed by atoms with Crippen LogP contribution in [-0.4, -0.2) is 30.0 Å². The third-order valence-corrected chi connectivity index (χ3v) is 4.72. The van der Waals surface area contributed by atoms with E-state index < -0.39 is 0 Å². The van der Waals surface area contributed by atoms with Crippen molar-refractivity contribution < 1.29 is 4.74 Å². The van der Waals surface area contributed by atoms with Crippen molar-refractivity contribution in [3.63, 3.8) is 0 Å². The van der Waals surface area contributed by atoms with Crippen LogP contribution in [0.4, 0.5) is 0 Å². The lowest BCUT2D eigenvalue weighted by Crippen LogP contribution is -2.34. The molecule has 1 atom stereocenters. The summed E-state index contributed by atoms with van der Waals surface area (Å²) in [5.41, 5.74) is 2.96. The van der Waals surface area contributed by atoms with E-state index in [1.165, 1.54) is 0 Å². The Hall–Kier alpha value is -2.11. The van der Waals surface area contributed by atoms with Gasteiger partial charge in [-0.2, -0.15) is 5.10 Å². The quantitative estimate of drug-likeness (QED) is 0.840. The van der Waals surface area contributed by atoms with Crippen LogP contribution in [0.15, 0.2) is 53.6 Å². The minimum absolute atomic E-state index is 0.00585. The lowest BCUT2D eigenvalue weighted by Gasteiger charge is -2.24. The average molecular weight is 360 g/mol. The number of hydrogen-bond acceptors (Lipinski definition) is 3. The van der Waals surface area contributed by atoms with Crippen LogP contribution in [0.3, 0.4) is 0 Å². The van der Waals surface area contributed by atoms with Crippen LogP contribution in [0.25, 0.3) is 0 Å². The van der Waals surface area contributed by atoms with E-state index >= 15 is 0 Å². The van der Waals surface area contributed by atoms with Crippen molar-refractivity contribution in [3.8, 4) is 5.75 Å². The number of methoxy groups -OCH3 is 1. The van der Waals surface area contributed by atoms with Gasteiger partial charge in [0, 0.05) is 24.1 Å². The topological polar surface area (TPSA) is 36.9 Å². The van der Waals surface area contributed by atoms with E-state index in [2.05, 4.69) is 11.4 Å². The molecule has 0 amide bonds. The summed E-state index contributed by atoms with van der Waals surface area (Å²) in [6, 6.07) is 15.7. The van der Waals surface area contributed by atoms with Crippen molar-refractivity contribution in [2.45, 2.75) is 12.5 Å². The molecule has 3 rings (SSSR count). The highest BCUT2D eigenvalue weighted by Crippen LogP contribution is 2.35. The third-order valence-electron chi connectivity index (χ3n) is 4.00. The summed E-state index contributed by atoms with van der Waals surface area (Å²) in [5, 5.41) is 10.8. The SMILES string of the molecule is CNC(=S)N1N=C(c2ccccc2Cl)C[C@@H]1c1cccc(OC)c1. The first-order valence-corrected chi connectivity index (χ1v) is 8.40. The molecule has 0 saturated heterocycles. The molecule has 0 spiro atoms. The summed E-state index contributed by atoms with van der Waals surface area (Å²) in [4.78, 5) is 0. The zero-order chi connectivity index (χ0) is 17.1. The lowest BCUT2D eigenvalue weighted by atomic mass is 9.98. The highest BCUT2D eigenvalue weighted by molar-refractivity contribution is 7.80. The number of halogens is 1. The highest BCUT2D eigenvalue weighted by atomic mass is 35.5. The molecule has 0 aliphatic carbocycles. The maximum atomic E-state index is 6.34. The highest BCUT2D eigenvalue weighted by Gasteiger charge is 2.31. The molecule has 0 radical (unpaired) electrons. The number of rotatable bonds is 3. The van der Waals surface area contributed by atoms with Crippen molar-refractivity contribution in [1.82, 2.24) is 10.3 Å². The fraction of sp³-hybridized carbons (Fsp3) is 0.222. The minimum atomic E-state index is 0.00585. The molecule has 0 saturated carbocycles. The van der Waals surface area contributed by atoms with Crippen LogP contribution in [0, 0.1) is 0 Å². The maximum absolute atomic E-state index is 6.34. The van der Waals surface area contributed by atoms with E-state index in [1.54, 1.807) is 14.2 Å². The van der Waals surface area contributed by atoms with Gasteiger partial charge >= 0.3 is 0 Å². The van der Waals surface area contributed by atoms with E-state index in [9.17, 15) is 0 Å². The van der Waals surface area contributed by atoms with Crippen molar-refractivity contribution in [1.29, 1.82) is 0 Å². The van der Waals surface area contributed by atoms with Crippen molar-refractivity contribution in [2.75, 3.05) is 14.2 Å². The predicted octanol–water partition coefficient (Wildman–Crippen LogP) is 4.00. The minimum Gasteiger partial charge on any atom is -0.497 e. The lowest BCUT2D eigenvalue weighted by molar-refractivity contribution is 0.363. The molecule has 2 aromatic rings. The van der Waals surface area contributed by atoms with Gasteiger partial charge in [0.2, 0.25) is 0 Å². The summed E-state index contributed by atoms with van der Waals surface area (Å²) in [6.07, 6.45) is 0.721. The molecule has 124 valence electrons. The molecule has 0 fully saturated rings. The number of benzene rings is 2. The van der Waals surface area contributed by atoms with Crippen LogP contribution in [-0.2, 0) is 0 Å². The van der Waals surface area contributed by atoms with Crippen molar-refractivity contribution in [3.05, 3.63) is 64.7 Å². The number of hydrazone groups is 1. The van der Waals surface area contributed by atoms with Gasteiger partial charge in [0.1, 0.15) is 5.75 Å². The van der Waals surface area contributed by atoms with E-state index in [0.717, 1.165) is 29.0 Å². The van der Waals surface area contributed by atoms with Gasteiger partial charge in [0.25, 0.3) is 0 Å². The Morgan fingerprint density at radius 1 is 1.29 bits per heavy atom. The Labute approximate surface area is 152 Å². The zero-order valence-electron chi connectivity index (χ0n) is 13.5. The molecule has 1 N–H and O–H groups in total. The number of nitrogens with zero attached hydrogens (tertiary/aromatic N) is 2. The van der Waals surface area contributed by atoms with Gasteiger partial charge in [-0.1, -0.05) is 41.9 Å². The molecule has 1 aliphatic heterocycles. The Bertz CT molecular complexity index is 793. The average Bonchev–Trinajstić information content (AvgIpc) is 3.06. The molecule has 24 heavy (non-hydrogen) atoms. The second-order valence-corrected chi connectivity index (χ2v) is 6.22. The van der Waals surface area contributed by atoms with Gasteiger partial charge in [-0.25, -0.2) is 5.01 Å². The summed E-state index contributed by atoms with van der Waals surface area (Å²) in [5.74, 6) is 0.814. The molecular formula is C18H18ClN3OS. The number of hydrogen-bond donors (Lipinski definition) is 1. The van der Waals surface area contributed by atoms with Gasteiger partial charge in [-0.3, -0.25) is 0 Å². The van der Waals surface area contributed by atoms with Crippen molar-refractivity contribution in [2.24, 2.45) is 5.10 Å². The molecule has 4 nitrogen and oxygen atoms in total. The van der Waals surface area contributed by atoms with Crippen LogP contribution in [0.5, 0.6) is 5.75 Å². The largest absolute Gasteiger partial charge is 0.497 e. The molecule has 0 aromatic heterocycles. The smallest absolute Gasteiger partial charge is 0.189 e. The monoisotopic (exact) mass is 359 g/mol. The first-order chi connectivity index (χ1) is 11.6. The second-order valence-electron chi connectivity index (χ2n) is 5.42. The molecule has 6 heteroatoms. The van der Waals surface area contributed by atoms with Crippen LogP contribution in [0.2, 0.25) is 5.02 Å². The maximum Gasteiger partial charge on any atom is 0.189 e. The van der Waals surface area contributed by atoms with Gasteiger partial charge in [0.15, 0.2) is 5.11 Å². The fourth-order valence-corrected chi connectivity index (χ4v) is 3.19. The summed E-state index contributed by atoms with van der Waals surface area (Å²) in [7, 11) is 3.46. The summed E-state index contributed by atoms with van der Waals surface area (Å²) in [6.45, 7) is 0. The Morgan fingerprint density at radius 3 is 2.79 bits per heavy atom. The van der Waals surface area contributed by atoms with Crippen molar-refractivity contribution >= 4 is 34.6 Å². The Kier molecular flexibility index (Phi) is 5.02. The number of ether oxygens (including phenoxy) is 1. The van der Waals surface area contributed by atoms with Gasteiger partial charge in [-0.05, 0) is 36.0 Å². The molecule has 0 bridgehead atoms. The van der Waals surface area contributed by atoms with Gasteiger partial charge < -0.3 is 10.1 Å².